The Morgan fingerprint density at radius 1 is 0.667 bits per heavy atom. The van der Waals surface area contributed by atoms with Crippen molar-refractivity contribution in [1.82, 2.24) is 4.90 Å². The highest BCUT2D eigenvalue weighted by Crippen LogP contribution is 2.30. The third kappa shape index (κ3) is 5.85. The third-order valence-corrected chi connectivity index (χ3v) is 6.08. The normalized spacial score (nSPS) is 15.4. The first-order chi connectivity index (χ1) is 14.9. The van der Waals surface area contributed by atoms with Crippen molar-refractivity contribution in [2.75, 3.05) is 0 Å². The molecule has 1 saturated carbocycles. The molecule has 3 aromatic carbocycles. The van der Waals surface area contributed by atoms with Gasteiger partial charge in [-0.05, 0) is 42.0 Å². The molecule has 1 aliphatic carbocycles. The standard InChI is InChI=1S/C29H31N/c1-5-13-25(14-6-1)21-22-29(28-19-11-4-12-20-28)30(23-26-15-7-2-8-16-26)24-27-17-9-3-10-18-27/h1-3,5-10,13-18,28-29H,4,11-12,19-20,23-24H2. The minimum absolute atomic E-state index is 0.269. The van der Waals surface area contributed by atoms with E-state index in [2.05, 4.69) is 108 Å². The van der Waals surface area contributed by atoms with Crippen molar-refractivity contribution >= 4 is 0 Å². The van der Waals surface area contributed by atoms with E-state index in [9.17, 15) is 0 Å². The van der Waals surface area contributed by atoms with E-state index in [0.29, 0.717) is 5.92 Å². The maximum atomic E-state index is 3.72. The zero-order chi connectivity index (χ0) is 20.4. The summed E-state index contributed by atoms with van der Waals surface area (Å²) in [5, 5.41) is 0. The van der Waals surface area contributed by atoms with Crippen LogP contribution in [0.15, 0.2) is 91.0 Å². The van der Waals surface area contributed by atoms with Gasteiger partial charge in [0.1, 0.15) is 0 Å². The van der Waals surface area contributed by atoms with Crippen LogP contribution in [0.25, 0.3) is 0 Å². The second-order valence-corrected chi connectivity index (χ2v) is 8.35. The molecule has 1 fully saturated rings. The van der Waals surface area contributed by atoms with Crippen LogP contribution in [0.4, 0.5) is 0 Å². The average molecular weight is 394 g/mol. The first kappa shape index (κ1) is 20.5. The van der Waals surface area contributed by atoms with Gasteiger partial charge in [-0.2, -0.15) is 0 Å². The summed E-state index contributed by atoms with van der Waals surface area (Å²) >= 11 is 0. The van der Waals surface area contributed by atoms with Crippen molar-refractivity contribution < 1.29 is 0 Å². The molecule has 3 aromatic rings. The predicted molar refractivity (Wildman–Crippen MR) is 126 cm³/mol. The minimum atomic E-state index is 0.269. The van der Waals surface area contributed by atoms with Crippen molar-refractivity contribution in [3.63, 3.8) is 0 Å². The lowest BCUT2D eigenvalue weighted by Crippen LogP contribution is -2.40. The molecule has 1 nitrogen and oxygen atoms in total. The lowest BCUT2D eigenvalue weighted by atomic mass is 9.83. The first-order valence-electron chi connectivity index (χ1n) is 11.3. The van der Waals surface area contributed by atoms with Crippen LogP contribution in [0.1, 0.15) is 48.8 Å². The molecule has 4 rings (SSSR count). The zero-order valence-electron chi connectivity index (χ0n) is 17.7. The number of hydrogen-bond acceptors (Lipinski definition) is 1. The Morgan fingerprint density at radius 2 is 1.17 bits per heavy atom. The molecule has 0 spiro atoms. The summed E-state index contributed by atoms with van der Waals surface area (Å²) in [5.41, 5.74) is 3.82. The second kappa shape index (κ2) is 10.8. The second-order valence-electron chi connectivity index (χ2n) is 8.35. The van der Waals surface area contributed by atoms with Crippen LogP contribution in [-0.2, 0) is 13.1 Å². The van der Waals surface area contributed by atoms with E-state index in [1.165, 1.54) is 43.2 Å². The van der Waals surface area contributed by atoms with Gasteiger partial charge in [0.2, 0.25) is 0 Å². The van der Waals surface area contributed by atoms with Gasteiger partial charge in [0.15, 0.2) is 0 Å². The van der Waals surface area contributed by atoms with Gasteiger partial charge in [-0.1, -0.05) is 110 Å². The molecule has 152 valence electrons. The fraction of sp³-hybridized carbons (Fsp3) is 0.310. The Balaban J connectivity index is 1.66. The predicted octanol–water partition coefficient (Wildman–Crippen LogP) is 6.69. The van der Waals surface area contributed by atoms with Crippen molar-refractivity contribution in [3.8, 4) is 11.8 Å². The molecular weight excluding hydrogens is 362 g/mol. The van der Waals surface area contributed by atoms with Crippen molar-refractivity contribution in [1.29, 1.82) is 0 Å². The summed E-state index contributed by atoms with van der Waals surface area (Å²) in [6.07, 6.45) is 6.60. The Labute approximate surface area is 181 Å². The molecule has 0 bridgehead atoms. The molecule has 0 aliphatic heterocycles. The van der Waals surface area contributed by atoms with Gasteiger partial charge in [0.25, 0.3) is 0 Å². The molecule has 0 amide bonds. The van der Waals surface area contributed by atoms with E-state index in [-0.39, 0.29) is 6.04 Å². The zero-order valence-corrected chi connectivity index (χ0v) is 17.7. The summed E-state index contributed by atoms with van der Waals surface area (Å²) in [6, 6.07) is 32.4. The van der Waals surface area contributed by atoms with Crippen molar-refractivity contribution in [3.05, 3.63) is 108 Å². The van der Waals surface area contributed by atoms with Gasteiger partial charge in [0, 0.05) is 18.7 Å². The lowest BCUT2D eigenvalue weighted by Gasteiger charge is -2.36. The molecule has 1 atom stereocenters. The van der Waals surface area contributed by atoms with Gasteiger partial charge >= 0.3 is 0 Å². The maximum Gasteiger partial charge on any atom is 0.0752 e. The van der Waals surface area contributed by atoms with Crippen molar-refractivity contribution in [2.24, 2.45) is 5.92 Å². The topological polar surface area (TPSA) is 3.24 Å². The monoisotopic (exact) mass is 393 g/mol. The molecule has 1 unspecified atom stereocenters. The summed E-state index contributed by atoms with van der Waals surface area (Å²) in [4.78, 5) is 2.61. The Hall–Kier alpha value is -2.82. The highest BCUT2D eigenvalue weighted by Gasteiger charge is 2.28. The van der Waals surface area contributed by atoms with Crippen LogP contribution in [0.5, 0.6) is 0 Å². The van der Waals surface area contributed by atoms with Crippen LogP contribution in [0.2, 0.25) is 0 Å². The van der Waals surface area contributed by atoms with Crippen LogP contribution >= 0.6 is 0 Å². The van der Waals surface area contributed by atoms with E-state index in [1.807, 2.05) is 0 Å². The molecular formula is C29H31N. The molecule has 30 heavy (non-hydrogen) atoms. The van der Waals surface area contributed by atoms with Crippen LogP contribution < -0.4 is 0 Å². The molecule has 0 saturated heterocycles. The van der Waals surface area contributed by atoms with E-state index in [4.69, 9.17) is 0 Å². The highest BCUT2D eigenvalue weighted by atomic mass is 15.2. The molecule has 0 N–H and O–H groups in total. The van der Waals surface area contributed by atoms with E-state index in [0.717, 1.165) is 18.7 Å². The number of benzene rings is 3. The fourth-order valence-corrected chi connectivity index (χ4v) is 4.52. The van der Waals surface area contributed by atoms with Crippen LogP contribution in [-0.4, -0.2) is 10.9 Å². The van der Waals surface area contributed by atoms with Gasteiger partial charge in [-0.25, -0.2) is 0 Å². The van der Waals surface area contributed by atoms with E-state index >= 15 is 0 Å². The van der Waals surface area contributed by atoms with Crippen molar-refractivity contribution in [2.45, 2.75) is 51.2 Å². The fourth-order valence-electron chi connectivity index (χ4n) is 4.52. The molecule has 0 radical (unpaired) electrons. The molecule has 0 aromatic heterocycles. The van der Waals surface area contributed by atoms with Crippen LogP contribution in [0.3, 0.4) is 0 Å². The quantitative estimate of drug-likeness (QED) is 0.422. The Kier molecular flexibility index (Phi) is 7.37. The Morgan fingerprint density at radius 3 is 1.70 bits per heavy atom. The smallest absolute Gasteiger partial charge is 0.0752 e. The summed E-state index contributed by atoms with van der Waals surface area (Å²) in [5.74, 6) is 7.87. The maximum absolute atomic E-state index is 3.72. The molecule has 1 aliphatic rings. The third-order valence-electron chi connectivity index (χ3n) is 6.08. The lowest BCUT2D eigenvalue weighted by molar-refractivity contribution is 0.141. The first-order valence-corrected chi connectivity index (χ1v) is 11.3. The summed E-state index contributed by atoms with van der Waals surface area (Å²) in [6.45, 7) is 1.86. The molecule has 1 heteroatoms. The SMILES string of the molecule is C(#CC(C1CCCCC1)N(Cc1ccccc1)Cc1ccccc1)c1ccccc1. The van der Waals surface area contributed by atoms with E-state index < -0.39 is 0 Å². The number of hydrogen-bond donors (Lipinski definition) is 0. The Bertz CT molecular complexity index is 890. The average Bonchev–Trinajstić information content (AvgIpc) is 2.82. The molecule has 0 heterocycles. The number of nitrogens with zero attached hydrogens (tertiary/aromatic N) is 1. The van der Waals surface area contributed by atoms with Gasteiger partial charge in [0.05, 0.1) is 6.04 Å². The van der Waals surface area contributed by atoms with E-state index in [1.54, 1.807) is 0 Å². The largest absolute Gasteiger partial charge is 0.281 e. The summed E-state index contributed by atoms with van der Waals surface area (Å²) in [7, 11) is 0. The highest BCUT2D eigenvalue weighted by molar-refractivity contribution is 5.35. The minimum Gasteiger partial charge on any atom is -0.281 e. The van der Waals surface area contributed by atoms with Crippen LogP contribution in [0, 0.1) is 17.8 Å². The van der Waals surface area contributed by atoms with Gasteiger partial charge in [-0.3, -0.25) is 4.90 Å². The van der Waals surface area contributed by atoms with Gasteiger partial charge < -0.3 is 0 Å². The van der Waals surface area contributed by atoms with Gasteiger partial charge in [-0.15, -0.1) is 0 Å². The number of rotatable bonds is 6. The summed E-state index contributed by atoms with van der Waals surface area (Å²) < 4.78 is 0.